The molecule has 2 rings (SSSR count). The number of anilines is 1. The number of nitro benzene ring substituents is 1. The minimum Gasteiger partial charge on any atom is -0.377 e. The van der Waals surface area contributed by atoms with E-state index in [0.29, 0.717) is 11.7 Å². The van der Waals surface area contributed by atoms with Crippen molar-refractivity contribution in [2.45, 2.75) is 39.2 Å². The Labute approximate surface area is 120 Å². The average molecular weight is 277 g/mol. The van der Waals surface area contributed by atoms with E-state index in [1.165, 1.54) is 0 Å². The van der Waals surface area contributed by atoms with Gasteiger partial charge in [0.2, 0.25) is 0 Å². The molecule has 1 saturated heterocycles. The second-order valence-corrected chi connectivity index (χ2v) is 5.79. The summed E-state index contributed by atoms with van der Waals surface area (Å²) in [6, 6.07) is 3.89. The zero-order valence-corrected chi connectivity index (χ0v) is 12.5. The molecular formula is C15H23N3O2. The largest absolute Gasteiger partial charge is 0.377 e. The molecule has 5 heteroatoms. The Morgan fingerprint density at radius 2 is 1.95 bits per heavy atom. The summed E-state index contributed by atoms with van der Waals surface area (Å²) < 4.78 is 0. The van der Waals surface area contributed by atoms with Crippen molar-refractivity contribution in [3.8, 4) is 0 Å². The minimum atomic E-state index is -0.294. The lowest BCUT2D eigenvalue weighted by Crippen LogP contribution is -2.23. The molecule has 1 aromatic rings. The van der Waals surface area contributed by atoms with E-state index in [1.807, 2.05) is 19.9 Å². The van der Waals surface area contributed by atoms with Gasteiger partial charge in [0.05, 0.1) is 4.92 Å². The SMILES string of the molecule is Cc1cc(NC2CCCN(C)CC2)c([N+](=O)[O-])cc1C. The molecule has 1 N–H and O–H groups in total. The normalized spacial score (nSPS) is 20.4. The minimum absolute atomic E-state index is 0.186. The fourth-order valence-corrected chi connectivity index (χ4v) is 2.67. The van der Waals surface area contributed by atoms with Crippen LogP contribution in [0.15, 0.2) is 12.1 Å². The van der Waals surface area contributed by atoms with Crippen molar-refractivity contribution in [3.05, 3.63) is 33.4 Å². The molecule has 1 fully saturated rings. The Kier molecular flexibility index (Phi) is 4.60. The zero-order chi connectivity index (χ0) is 14.7. The number of hydrogen-bond donors (Lipinski definition) is 1. The molecule has 1 atom stereocenters. The van der Waals surface area contributed by atoms with Gasteiger partial charge in [0.15, 0.2) is 0 Å². The van der Waals surface area contributed by atoms with Crippen LogP contribution in [0.2, 0.25) is 0 Å². The van der Waals surface area contributed by atoms with Crippen LogP contribution >= 0.6 is 0 Å². The lowest BCUT2D eigenvalue weighted by molar-refractivity contribution is -0.384. The van der Waals surface area contributed by atoms with Crippen LogP contribution < -0.4 is 5.32 Å². The standard InChI is InChI=1S/C15H23N3O2/c1-11-9-14(15(18(19)20)10-12(11)2)16-13-5-4-7-17(3)8-6-13/h9-10,13,16H,4-8H2,1-3H3. The van der Waals surface area contributed by atoms with Crippen LogP contribution in [0.25, 0.3) is 0 Å². The van der Waals surface area contributed by atoms with Gasteiger partial charge in [-0.25, -0.2) is 0 Å². The van der Waals surface area contributed by atoms with Crippen molar-refractivity contribution in [2.24, 2.45) is 0 Å². The van der Waals surface area contributed by atoms with E-state index in [2.05, 4.69) is 17.3 Å². The van der Waals surface area contributed by atoms with Crippen LogP contribution in [0.4, 0.5) is 11.4 Å². The molecule has 0 spiro atoms. The summed E-state index contributed by atoms with van der Waals surface area (Å²) >= 11 is 0. The molecule has 1 aliphatic heterocycles. The second kappa shape index (κ2) is 6.22. The molecule has 0 bridgehead atoms. The molecule has 0 aliphatic carbocycles. The molecule has 1 aromatic carbocycles. The molecule has 5 nitrogen and oxygen atoms in total. The predicted octanol–water partition coefficient (Wildman–Crippen LogP) is 3.11. The first-order chi connectivity index (χ1) is 9.47. The van der Waals surface area contributed by atoms with E-state index in [-0.39, 0.29) is 10.6 Å². The van der Waals surface area contributed by atoms with Crippen LogP contribution in [0.5, 0.6) is 0 Å². The number of benzene rings is 1. The van der Waals surface area contributed by atoms with Crippen molar-refractivity contribution in [1.29, 1.82) is 0 Å². The van der Waals surface area contributed by atoms with Crippen LogP contribution in [-0.2, 0) is 0 Å². The van der Waals surface area contributed by atoms with Gasteiger partial charge in [0.1, 0.15) is 5.69 Å². The summed E-state index contributed by atoms with van der Waals surface area (Å²) in [5.41, 5.74) is 2.89. The fraction of sp³-hybridized carbons (Fsp3) is 0.600. The molecule has 0 amide bonds. The number of nitro groups is 1. The number of aryl methyl sites for hydroxylation is 2. The maximum atomic E-state index is 11.2. The van der Waals surface area contributed by atoms with Gasteiger partial charge in [-0.1, -0.05) is 0 Å². The molecular weight excluding hydrogens is 254 g/mol. The lowest BCUT2D eigenvalue weighted by Gasteiger charge is -2.18. The highest BCUT2D eigenvalue weighted by molar-refractivity contribution is 5.64. The zero-order valence-electron chi connectivity index (χ0n) is 12.5. The van der Waals surface area contributed by atoms with Gasteiger partial charge in [-0.2, -0.15) is 0 Å². The van der Waals surface area contributed by atoms with Gasteiger partial charge in [-0.15, -0.1) is 0 Å². The van der Waals surface area contributed by atoms with Crippen LogP contribution in [-0.4, -0.2) is 36.0 Å². The maximum absolute atomic E-state index is 11.2. The fourth-order valence-electron chi connectivity index (χ4n) is 2.67. The van der Waals surface area contributed by atoms with Gasteiger partial charge >= 0.3 is 0 Å². The molecule has 1 aliphatic rings. The van der Waals surface area contributed by atoms with Crippen LogP contribution in [0.3, 0.4) is 0 Å². The number of likely N-dealkylation sites (tertiary alicyclic amines) is 1. The smallest absolute Gasteiger partial charge is 0.292 e. The number of nitrogens with one attached hydrogen (secondary N) is 1. The Bertz CT molecular complexity index is 502. The number of hydrogen-bond acceptors (Lipinski definition) is 4. The van der Waals surface area contributed by atoms with Gasteiger partial charge in [-0.05, 0) is 70.4 Å². The van der Waals surface area contributed by atoms with E-state index in [4.69, 9.17) is 0 Å². The summed E-state index contributed by atoms with van der Waals surface area (Å²) in [7, 11) is 2.13. The summed E-state index contributed by atoms with van der Waals surface area (Å²) in [6.07, 6.45) is 3.22. The average Bonchev–Trinajstić information content (AvgIpc) is 2.58. The van der Waals surface area contributed by atoms with Crippen LogP contribution in [0.1, 0.15) is 30.4 Å². The van der Waals surface area contributed by atoms with Crippen molar-refractivity contribution >= 4 is 11.4 Å². The topological polar surface area (TPSA) is 58.4 Å². The summed E-state index contributed by atoms with van der Waals surface area (Å²) in [5, 5.41) is 14.6. The van der Waals surface area contributed by atoms with Crippen molar-refractivity contribution in [2.75, 3.05) is 25.5 Å². The quantitative estimate of drug-likeness (QED) is 0.681. The first-order valence-electron chi connectivity index (χ1n) is 7.18. The van der Waals surface area contributed by atoms with Crippen molar-refractivity contribution < 1.29 is 4.92 Å². The maximum Gasteiger partial charge on any atom is 0.292 e. The van der Waals surface area contributed by atoms with Gasteiger partial charge in [-0.3, -0.25) is 10.1 Å². The Hall–Kier alpha value is -1.62. The molecule has 0 saturated carbocycles. The Balaban J connectivity index is 2.19. The van der Waals surface area contributed by atoms with E-state index in [1.54, 1.807) is 6.07 Å². The first-order valence-corrected chi connectivity index (χ1v) is 7.18. The molecule has 20 heavy (non-hydrogen) atoms. The highest BCUT2D eigenvalue weighted by Gasteiger charge is 2.20. The summed E-state index contributed by atoms with van der Waals surface area (Å²) in [4.78, 5) is 13.2. The van der Waals surface area contributed by atoms with Crippen molar-refractivity contribution in [1.82, 2.24) is 4.90 Å². The molecule has 110 valence electrons. The van der Waals surface area contributed by atoms with Gasteiger partial charge < -0.3 is 10.2 Å². The first kappa shape index (κ1) is 14.8. The Morgan fingerprint density at radius 3 is 2.65 bits per heavy atom. The predicted molar refractivity (Wildman–Crippen MR) is 81.3 cm³/mol. The monoisotopic (exact) mass is 277 g/mol. The molecule has 1 unspecified atom stereocenters. The number of rotatable bonds is 3. The molecule has 1 heterocycles. The van der Waals surface area contributed by atoms with E-state index in [9.17, 15) is 10.1 Å². The summed E-state index contributed by atoms with van der Waals surface area (Å²) in [5.74, 6) is 0. The number of nitrogens with zero attached hydrogens (tertiary/aromatic N) is 2. The van der Waals surface area contributed by atoms with E-state index < -0.39 is 0 Å². The summed E-state index contributed by atoms with van der Waals surface area (Å²) in [6.45, 7) is 6.04. The third kappa shape index (κ3) is 3.48. The van der Waals surface area contributed by atoms with Gasteiger partial charge in [0.25, 0.3) is 5.69 Å². The second-order valence-electron chi connectivity index (χ2n) is 5.79. The molecule has 0 radical (unpaired) electrons. The Morgan fingerprint density at radius 1 is 1.25 bits per heavy atom. The third-order valence-corrected chi connectivity index (χ3v) is 4.12. The van der Waals surface area contributed by atoms with Gasteiger partial charge in [0, 0.05) is 12.1 Å². The van der Waals surface area contributed by atoms with E-state index in [0.717, 1.165) is 43.5 Å². The third-order valence-electron chi connectivity index (χ3n) is 4.12. The lowest BCUT2D eigenvalue weighted by atomic mass is 10.1. The van der Waals surface area contributed by atoms with Crippen molar-refractivity contribution in [3.63, 3.8) is 0 Å². The highest BCUT2D eigenvalue weighted by Crippen LogP contribution is 2.29. The highest BCUT2D eigenvalue weighted by atomic mass is 16.6. The van der Waals surface area contributed by atoms with E-state index >= 15 is 0 Å². The van der Waals surface area contributed by atoms with Crippen LogP contribution in [0, 0.1) is 24.0 Å². The molecule has 0 aromatic heterocycles.